The summed E-state index contributed by atoms with van der Waals surface area (Å²) in [5.41, 5.74) is 1.78. The van der Waals surface area contributed by atoms with E-state index < -0.39 is 10.0 Å². The first-order chi connectivity index (χ1) is 11.4. The van der Waals surface area contributed by atoms with E-state index in [1.54, 1.807) is 18.2 Å². The van der Waals surface area contributed by atoms with Crippen molar-refractivity contribution in [2.45, 2.75) is 11.8 Å². The normalized spacial score (nSPS) is 11.1. The molecule has 2 aromatic rings. The first kappa shape index (κ1) is 18.0. The molecule has 0 unspecified atom stereocenters. The molecule has 128 valence electrons. The topological polar surface area (TPSA) is 84.5 Å². The van der Waals surface area contributed by atoms with Crippen LogP contribution >= 0.6 is 0 Å². The minimum absolute atomic E-state index is 0.0301. The number of aryl methyl sites for hydroxylation is 1. The fourth-order valence-corrected chi connectivity index (χ4v) is 3.11. The monoisotopic (exact) mass is 348 g/mol. The van der Waals surface area contributed by atoms with Crippen LogP contribution in [0.25, 0.3) is 0 Å². The van der Waals surface area contributed by atoms with Crippen molar-refractivity contribution in [1.82, 2.24) is 5.32 Å². The Labute approximate surface area is 141 Å². The average molecular weight is 348 g/mol. The van der Waals surface area contributed by atoms with E-state index in [0.717, 1.165) is 5.56 Å². The van der Waals surface area contributed by atoms with Gasteiger partial charge in [-0.3, -0.25) is 9.52 Å². The Morgan fingerprint density at radius 2 is 1.83 bits per heavy atom. The highest BCUT2D eigenvalue weighted by molar-refractivity contribution is 7.92. The molecule has 7 heteroatoms. The molecular weight excluding hydrogens is 328 g/mol. The lowest BCUT2D eigenvalue weighted by Crippen LogP contribution is -2.27. The highest BCUT2D eigenvalue weighted by atomic mass is 32.2. The third-order valence-corrected chi connectivity index (χ3v) is 4.68. The molecule has 1 amide bonds. The molecule has 2 aromatic carbocycles. The van der Waals surface area contributed by atoms with Crippen molar-refractivity contribution < 1.29 is 17.9 Å². The van der Waals surface area contributed by atoms with Gasteiger partial charge in [-0.15, -0.1) is 0 Å². The van der Waals surface area contributed by atoms with Crippen LogP contribution in [0, 0.1) is 6.92 Å². The van der Waals surface area contributed by atoms with Gasteiger partial charge in [0.2, 0.25) is 0 Å². The van der Waals surface area contributed by atoms with Crippen molar-refractivity contribution in [1.29, 1.82) is 0 Å². The zero-order chi connectivity index (χ0) is 17.6. The van der Waals surface area contributed by atoms with Gasteiger partial charge < -0.3 is 10.1 Å². The molecule has 24 heavy (non-hydrogen) atoms. The van der Waals surface area contributed by atoms with E-state index in [1.807, 2.05) is 19.1 Å². The fraction of sp³-hybridized carbons (Fsp3) is 0.235. The van der Waals surface area contributed by atoms with Gasteiger partial charge in [-0.2, -0.15) is 0 Å². The van der Waals surface area contributed by atoms with Crippen LogP contribution in [0.4, 0.5) is 5.69 Å². The van der Waals surface area contributed by atoms with E-state index in [1.165, 1.54) is 25.3 Å². The summed E-state index contributed by atoms with van der Waals surface area (Å²) in [4.78, 5) is 12.0. The number of benzene rings is 2. The van der Waals surface area contributed by atoms with Crippen molar-refractivity contribution in [2.24, 2.45) is 0 Å². The summed E-state index contributed by atoms with van der Waals surface area (Å²) in [6.45, 7) is 2.66. The number of anilines is 1. The van der Waals surface area contributed by atoms with Crippen molar-refractivity contribution >= 4 is 21.6 Å². The Hall–Kier alpha value is -2.38. The van der Waals surface area contributed by atoms with Crippen LogP contribution in [0.1, 0.15) is 15.9 Å². The maximum absolute atomic E-state index is 12.5. The van der Waals surface area contributed by atoms with Crippen LogP contribution in [0.15, 0.2) is 53.4 Å². The molecule has 2 N–H and O–H groups in total. The van der Waals surface area contributed by atoms with Gasteiger partial charge in [0.15, 0.2) is 0 Å². The first-order valence-electron chi connectivity index (χ1n) is 7.39. The minimum atomic E-state index is -3.76. The molecule has 0 aliphatic carbocycles. The number of amides is 1. The molecule has 0 bridgehead atoms. The second-order valence-electron chi connectivity index (χ2n) is 5.25. The van der Waals surface area contributed by atoms with E-state index in [9.17, 15) is 13.2 Å². The summed E-state index contributed by atoms with van der Waals surface area (Å²) in [6, 6.07) is 12.9. The Bertz CT molecular complexity index is 802. The predicted octanol–water partition coefficient (Wildman–Crippen LogP) is 2.17. The lowest BCUT2D eigenvalue weighted by atomic mass is 10.2. The SMILES string of the molecule is COCCNC(=O)c1cccc(S(=O)(=O)Nc2ccc(C)cc2)c1. The van der Waals surface area contributed by atoms with Crippen molar-refractivity contribution in [3.63, 3.8) is 0 Å². The van der Waals surface area contributed by atoms with Gasteiger partial charge in [-0.25, -0.2) is 8.42 Å². The van der Waals surface area contributed by atoms with Crippen LogP contribution in [0.2, 0.25) is 0 Å². The Kier molecular flexibility index (Phi) is 5.94. The van der Waals surface area contributed by atoms with Crippen molar-refractivity contribution in [3.05, 3.63) is 59.7 Å². The molecule has 0 heterocycles. The van der Waals surface area contributed by atoms with E-state index in [-0.39, 0.29) is 16.4 Å². The summed E-state index contributed by atoms with van der Waals surface area (Å²) in [6.07, 6.45) is 0. The molecular formula is C17H20N2O4S. The fourth-order valence-electron chi connectivity index (χ4n) is 2.01. The number of nitrogens with one attached hydrogen (secondary N) is 2. The van der Waals surface area contributed by atoms with Gasteiger partial charge in [0.1, 0.15) is 0 Å². The Morgan fingerprint density at radius 3 is 2.50 bits per heavy atom. The van der Waals surface area contributed by atoms with Gasteiger partial charge in [0.25, 0.3) is 15.9 Å². The smallest absolute Gasteiger partial charge is 0.261 e. The molecule has 2 rings (SSSR count). The number of hydrogen-bond acceptors (Lipinski definition) is 4. The summed E-state index contributed by atoms with van der Waals surface area (Å²) in [7, 11) is -2.22. The molecule has 0 radical (unpaired) electrons. The largest absolute Gasteiger partial charge is 0.383 e. The molecule has 0 saturated heterocycles. The molecule has 0 aliphatic rings. The second kappa shape index (κ2) is 7.94. The maximum Gasteiger partial charge on any atom is 0.261 e. The highest BCUT2D eigenvalue weighted by Gasteiger charge is 2.16. The highest BCUT2D eigenvalue weighted by Crippen LogP contribution is 2.17. The summed E-state index contributed by atoms with van der Waals surface area (Å²) >= 11 is 0. The van der Waals surface area contributed by atoms with Gasteiger partial charge in [-0.1, -0.05) is 23.8 Å². The quantitative estimate of drug-likeness (QED) is 0.751. The third kappa shape index (κ3) is 4.81. The molecule has 6 nitrogen and oxygen atoms in total. The van der Waals surface area contributed by atoms with E-state index in [2.05, 4.69) is 10.0 Å². The zero-order valence-corrected chi connectivity index (χ0v) is 14.4. The van der Waals surface area contributed by atoms with Gasteiger partial charge in [0, 0.05) is 24.9 Å². The average Bonchev–Trinajstić information content (AvgIpc) is 2.57. The van der Waals surface area contributed by atoms with Crippen molar-refractivity contribution in [3.8, 4) is 0 Å². The maximum atomic E-state index is 12.5. The zero-order valence-electron chi connectivity index (χ0n) is 13.6. The molecule has 0 fully saturated rings. The number of ether oxygens (including phenoxy) is 1. The third-order valence-electron chi connectivity index (χ3n) is 3.30. The van der Waals surface area contributed by atoms with Gasteiger partial charge >= 0.3 is 0 Å². The molecule has 0 aromatic heterocycles. The minimum Gasteiger partial charge on any atom is -0.383 e. The van der Waals surface area contributed by atoms with Crippen LogP contribution in [-0.2, 0) is 14.8 Å². The van der Waals surface area contributed by atoms with Crippen LogP contribution < -0.4 is 10.0 Å². The number of carbonyl (C=O) groups is 1. The Morgan fingerprint density at radius 1 is 1.12 bits per heavy atom. The molecule has 0 spiro atoms. The number of sulfonamides is 1. The summed E-state index contributed by atoms with van der Waals surface area (Å²) < 4.78 is 32.3. The molecule has 0 atom stereocenters. The molecule has 0 aliphatic heterocycles. The van der Waals surface area contributed by atoms with Crippen LogP contribution in [-0.4, -0.2) is 34.6 Å². The standard InChI is InChI=1S/C17H20N2O4S/c1-13-6-8-15(9-7-13)19-24(21,22)16-5-3-4-14(12-16)17(20)18-10-11-23-2/h3-9,12,19H,10-11H2,1-2H3,(H,18,20). The summed E-state index contributed by atoms with van der Waals surface area (Å²) in [5, 5.41) is 2.66. The lowest BCUT2D eigenvalue weighted by Gasteiger charge is -2.10. The number of carbonyl (C=O) groups excluding carboxylic acids is 1. The van der Waals surface area contributed by atoms with Gasteiger partial charge in [0.05, 0.1) is 11.5 Å². The predicted molar refractivity (Wildman–Crippen MR) is 92.6 cm³/mol. The first-order valence-corrected chi connectivity index (χ1v) is 8.87. The molecule has 0 saturated carbocycles. The van der Waals surface area contributed by atoms with Gasteiger partial charge in [-0.05, 0) is 37.3 Å². The van der Waals surface area contributed by atoms with Crippen LogP contribution in [0.5, 0.6) is 0 Å². The number of methoxy groups -OCH3 is 1. The summed E-state index contributed by atoms with van der Waals surface area (Å²) in [5.74, 6) is -0.348. The Balaban J connectivity index is 2.17. The second-order valence-corrected chi connectivity index (χ2v) is 6.93. The number of hydrogen-bond donors (Lipinski definition) is 2. The number of rotatable bonds is 7. The lowest BCUT2D eigenvalue weighted by molar-refractivity contribution is 0.0937. The van der Waals surface area contributed by atoms with E-state index in [0.29, 0.717) is 18.8 Å². The van der Waals surface area contributed by atoms with E-state index >= 15 is 0 Å². The van der Waals surface area contributed by atoms with Crippen molar-refractivity contribution in [2.75, 3.05) is 25.0 Å². The van der Waals surface area contributed by atoms with E-state index in [4.69, 9.17) is 4.74 Å². The van der Waals surface area contributed by atoms with Crippen LogP contribution in [0.3, 0.4) is 0 Å².